The van der Waals surface area contributed by atoms with Crippen LogP contribution >= 0.6 is 35.0 Å². The van der Waals surface area contributed by atoms with Gasteiger partial charge in [0.15, 0.2) is 0 Å². The van der Waals surface area contributed by atoms with Gasteiger partial charge < -0.3 is 5.32 Å². The molecule has 0 bridgehead atoms. The van der Waals surface area contributed by atoms with Gasteiger partial charge in [-0.2, -0.15) is 4.68 Å². The SMILES string of the molecule is Cc1ccc(Cl)c(NC(=O)CSc2nnnn2-c2ccccc2)c1Cl. The van der Waals surface area contributed by atoms with Gasteiger partial charge in [-0.05, 0) is 41.1 Å². The van der Waals surface area contributed by atoms with Crippen LogP contribution in [-0.2, 0) is 4.79 Å². The molecule has 3 rings (SSSR count). The predicted molar refractivity (Wildman–Crippen MR) is 99.7 cm³/mol. The van der Waals surface area contributed by atoms with Gasteiger partial charge in [0, 0.05) is 0 Å². The van der Waals surface area contributed by atoms with Crippen molar-refractivity contribution in [1.82, 2.24) is 20.2 Å². The summed E-state index contributed by atoms with van der Waals surface area (Å²) in [5.41, 5.74) is 2.07. The number of rotatable bonds is 5. The number of hydrogen-bond acceptors (Lipinski definition) is 5. The zero-order valence-corrected chi connectivity index (χ0v) is 15.4. The average molecular weight is 394 g/mol. The average Bonchev–Trinajstić information content (AvgIpc) is 3.09. The van der Waals surface area contributed by atoms with Gasteiger partial charge in [0.1, 0.15) is 0 Å². The number of nitrogens with one attached hydrogen (secondary N) is 1. The summed E-state index contributed by atoms with van der Waals surface area (Å²) in [7, 11) is 0. The molecule has 128 valence electrons. The van der Waals surface area contributed by atoms with Gasteiger partial charge in [0.25, 0.3) is 0 Å². The number of aryl methyl sites for hydroxylation is 1. The summed E-state index contributed by atoms with van der Waals surface area (Å²) >= 11 is 13.5. The number of halogens is 2. The maximum atomic E-state index is 12.2. The number of benzene rings is 2. The number of nitrogens with zero attached hydrogens (tertiary/aromatic N) is 4. The van der Waals surface area contributed by atoms with E-state index in [0.29, 0.717) is 20.9 Å². The highest BCUT2D eigenvalue weighted by molar-refractivity contribution is 7.99. The maximum absolute atomic E-state index is 12.2. The topological polar surface area (TPSA) is 72.7 Å². The lowest BCUT2D eigenvalue weighted by Crippen LogP contribution is -2.15. The van der Waals surface area contributed by atoms with Crippen molar-refractivity contribution in [3.63, 3.8) is 0 Å². The van der Waals surface area contributed by atoms with Gasteiger partial charge in [-0.1, -0.05) is 59.2 Å². The van der Waals surface area contributed by atoms with E-state index in [1.165, 1.54) is 11.8 Å². The molecule has 0 unspecified atom stereocenters. The van der Waals surface area contributed by atoms with Crippen LogP contribution < -0.4 is 5.32 Å². The van der Waals surface area contributed by atoms with E-state index in [1.54, 1.807) is 16.8 Å². The molecule has 0 saturated heterocycles. The van der Waals surface area contributed by atoms with E-state index in [-0.39, 0.29) is 11.7 Å². The molecule has 0 aliphatic carbocycles. The van der Waals surface area contributed by atoms with Gasteiger partial charge in [0.05, 0.1) is 27.2 Å². The highest BCUT2D eigenvalue weighted by Gasteiger charge is 2.14. The number of hydrogen-bond donors (Lipinski definition) is 1. The summed E-state index contributed by atoms with van der Waals surface area (Å²) in [5.74, 6) is -0.129. The molecule has 1 N–H and O–H groups in total. The first kappa shape index (κ1) is 17.7. The second-order valence-electron chi connectivity index (χ2n) is 5.10. The van der Waals surface area contributed by atoms with Crippen LogP contribution in [0, 0.1) is 6.92 Å². The van der Waals surface area contributed by atoms with Crippen molar-refractivity contribution in [3.8, 4) is 5.69 Å². The van der Waals surface area contributed by atoms with Crippen LogP contribution in [-0.4, -0.2) is 31.9 Å². The molecule has 0 saturated carbocycles. The Morgan fingerprint density at radius 2 is 1.96 bits per heavy atom. The molecule has 25 heavy (non-hydrogen) atoms. The Morgan fingerprint density at radius 3 is 2.72 bits per heavy atom. The molecular formula is C16H13Cl2N5OS. The lowest BCUT2D eigenvalue weighted by molar-refractivity contribution is -0.113. The number of para-hydroxylation sites is 1. The van der Waals surface area contributed by atoms with Crippen LogP contribution in [0.4, 0.5) is 5.69 Å². The maximum Gasteiger partial charge on any atom is 0.234 e. The third-order valence-electron chi connectivity index (χ3n) is 3.32. The molecule has 3 aromatic rings. The van der Waals surface area contributed by atoms with Gasteiger partial charge in [0.2, 0.25) is 11.1 Å². The zero-order chi connectivity index (χ0) is 17.8. The second-order valence-corrected chi connectivity index (χ2v) is 6.83. The largest absolute Gasteiger partial charge is 0.323 e. The smallest absolute Gasteiger partial charge is 0.234 e. The van der Waals surface area contributed by atoms with Crippen LogP contribution in [0.25, 0.3) is 5.69 Å². The number of amides is 1. The third-order valence-corrected chi connectivity index (χ3v) is 5.04. The Bertz CT molecular complexity index is 901. The minimum absolute atomic E-state index is 0.119. The van der Waals surface area contributed by atoms with Gasteiger partial charge >= 0.3 is 0 Å². The van der Waals surface area contributed by atoms with Gasteiger partial charge in [-0.3, -0.25) is 4.79 Å². The number of thioether (sulfide) groups is 1. The molecule has 1 heterocycles. The summed E-state index contributed by atoms with van der Waals surface area (Å²) in [4.78, 5) is 12.2. The Morgan fingerprint density at radius 1 is 1.20 bits per heavy atom. The van der Waals surface area contributed by atoms with Crippen molar-refractivity contribution < 1.29 is 4.79 Å². The first-order valence-electron chi connectivity index (χ1n) is 7.27. The van der Waals surface area contributed by atoms with Crippen molar-refractivity contribution in [2.75, 3.05) is 11.1 Å². The summed E-state index contributed by atoms with van der Waals surface area (Å²) in [5, 5.41) is 15.6. The molecule has 2 aromatic carbocycles. The highest BCUT2D eigenvalue weighted by Crippen LogP contribution is 2.33. The van der Waals surface area contributed by atoms with Crippen molar-refractivity contribution in [1.29, 1.82) is 0 Å². The van der Waals surface area contributed by atoms with Crippen LogP contribution in [0.1, 0.15) is 5.56 Å². The van der Waals surface area contributed by atoms with E-state index in [4.69, 9.17) is 23.2 Å². The van der Waals surface area contributed by atoms with Crippen LogP contribution in [0.5, 0.6) is 0 Å². The summed E-state index contributed by atoms with van der Waals surface area (Å²) in [6, 6.07) is 12.9. The second kappa shape index (κ2) is 7.86. The van der Waals surface area contributed by atoms with Crippen molar-refractivity contribution in [2.45, 2.75) is 12.1 Å². The van der Waals surface area contributed by atoms with Crippen LogP contribution in [0.2, 0.25) is 10.0 Å². The molecule has 0 atom stereocenters. The third kappa shape index (κ3) is 4.12. The Hall–Kier alpha value is -2.09. The summed E-state index contributed by atoms with van der Waals surface area (Å²) in [6.45, 7) is 1.84. The Labute approximate surface area is 158 Å². The summed E-state index contributed by atoms with van der Waals surface area (Å²) in [6.07, 6.45) is 0. The van der Waals surface area contributed by atoms with E-state index < -0.39 is 0 Å². The first-order chi connectivity index (χ1) is 12.1. The number of anilines is 1. The normalized spacial score (nSPS) is 10.7. The number of aromatic nitrogens is 4. The van der Waals surface area contributed by atoms with Crippen molar-refractivity contribution in [2.24, 2.45) is 0 Å². The first-order valence-corrected chi connectivity index (χ1v) is 9.01. The molecule has 9 heteroatoms. The highest BCUT2D eigenvalue weighted by atomic mass is 35.5. The van der Waals surface area contributed by atoms with Crippen LogP contribution in [0.15, 0.2) is 47.6 Å². The zero-order valence-electron chi connectivity index (χ0n) is 13.1. The number of carbonyl (C=O) groups excluding carboxylic acids is 1. The molecule has 0 radical (unpaired) electrons. The molecule has 6 nitrogen and oxygen atoms in total. The molecule has 0 fully saturated rings. The standard InChI is InChI=1S/C16H13Cl2N5OS/c1-10-7-8-12(17)15(14(10)18)19-13(24)9-25-16-20-21-22-23(16)11-5-3-2-4-6-11/h2-8H,9H2,1H3,(H,19,24). The van der Waals surface area contributed by atoms with E-state index >= 15 is 0 Å². The Balaban J connectivity index is 1.69. The number of carbonyl (C=O) groups is 1. The minimum Gasteiger partial charge on any atom is -0.323 e. The predicted octanol–water partition coefficient (Wildman–Crippen LogP) is 4.01. The van der Waals surface area contributed by atoms with E-state index in [0.717, 1.165) is 11.3 Å². The van der Waals surface area contributed by atoms with Gasteiger partial charge in [-0.25, -0.2) is 0 Å². The van der Waals surface area contributed by atoms with E-state index in [2.05, 4.69) is 20.8 Å². The molecule has 0 aliphatic heterocycles. The monoisotopic (exact) mass is 393 g/mol. The van der Waals surface area contributed by atoms with E-state index in [9.17, 15) is 4.79 Å². The van der Waals surface area contributed by atoms with E-state index in [1.807, 2.05) is 37.3 Å². The van der Waals surface area contributed by atoms with Gasteiger partial charge in [-0.15, -0.1) is 5.10 Å². The summed E-state index contributed by atoms with van der Waals surface area (Å²) < 4.78 is 1.57. The van der Waals surface area contributed by atoms with Crippen molar-refractivity contribution in [3.05, 3.63) is 58.1 Å². The lowest BCUT2D eigenvalue weighted by atomic mass is 10.2. The minimum atomic E-state index is -0.248. The fraction of sp³-hybridized carbons (Fsp3) is 0.125. The fourth-order valence-corrected chi connectivity index (χ4v) is 3.23. The molecular weight excluding hydrogens is 381 g/mol. The molecule has 1 aromatic heterocycles. The number of tetrazole rings is 1. The lowest BCUT2D eigenvalue weighted by Gasteiger charge is -2.11. The quantitative estimate of drug-likeness (QED) is 0.662. The Kier molecular flexibility index (Phi) is 5.57. The van der Waals surface area contributed by atoms with Crippen LogP contribution in [0.3, 0.4) is 0 Å². The molecule has 0 spiro atoms. The molecule has 1 amide bonds. The fourth-order valence-electron chi connectivity index (χ4n) is 2.08. The molecule has 0 aliphatic rings. The van der Waals surface area contributed by atoms with Crippen molar-refractivity contribution >= 4 is 46.6 Å².